The van der Waals surface area contributed by atoms with E-state index in [0.29, 0.717) is 37.5 Å². The van der Waals surface area contributed by atoms with E-state index < -0.39 is 5.97 Å². The van der Waals surface area contributed by atoms with Gasteiger partial charge in [0.15, 0.2) is 0 Å². The lowest BCUT2D eigenvalue weighted by molar-refractivity contribution is -0.0114. The molecule has 1 fully saturated rings. The van der Waals surface area contributed by atoms with Gasteiger partial charge in [-0.05, 0) is 44.9 Å². The zero-order valence-corrected chi connectivity index (χ0v) is 21.1. The van der Waals surface area contributed by atoms with E-state index in [1.54, 1.807) is 14.1 Å². The predicted molar refractivity (Wildman–Crippen MR) is 131 cm³/mol. The van der Waals surface area contributed by atoms with Crippen LogP contribution in [0.25, 0.3) is 0 Å². The van der Waals surface area contributed by atoms with E-state index in [-0.39, 0.29) is 42.0 Å². The van der Waals surface area contributed by atoms with Crippen molar-refractivity contribution in [3.05, 3.63) is 44.6 Å². The van der Waals surface area contributed by atoms with Crippen molar-refractivity contribution >= 4 is 11.9 Å². The van der Waals surface area contributed by atoms with Gasteiger partial charge in [-0.15, -0.1) is 0 Å². The molecule has 36 heavy (non-hydrogen) atoms. The number of methoxy groups -OCH3 is 1. The van der Waals surface area contributed by atoms with Crippen LogP contribution in [0.15, 0.2) is 10.9 Å². The topological polar surface area (TPSA) is 105 Å². The lowest BCUT2D eigenvalue weighted by Gasteiger charge is -2.24. The summed E-state index contributed by atoms with van der Waals surface area (Å²) < 4.78 is 20.0. The van der Waals surface area contributed by atoms with Crippen LogP contribution in [0.1, 0.15) is 69.9 Å². The number of hydrogen-bond acceptors (Lipinski definition) is 7. The van der Waals surface area contributed by atoms with Crippen LogP contribution in [0.3, 0.4) is 0 Å². The molecule has 3 aliphatic rings. The Balaban J connectivity index is 1.41. The molecule has 1 saturated heterocycles. The zero-order valence-electron chi connectivity index (χ0n) is 21.1. The normalized spacial score (nSPS) is 19.7. The van der Waals surface area contributed by atoms with Crippen molar-refractivity contribution in [2.75, 3.05) is 33.4 Å². The van der Waals surface area contributed by atoms with Gasteiger partial charge in [0.1, 0.15) is 23.6 Å². The van der Waals surface area contributed by atoms with Crippen molar-refractivity contribution in [1.82, 2.24) is 19.2 Å². The molecule has 5 rings (SSSR count). The fraction of sp³-hybridized carbons (Fsp3) is 0.615. The van der Waals surface area contributed by atoms with Crippen molar-refractivity contribution in [2.45, 2.75) is 64.0 Å². The molecule has 0 unspecified atom stereocenters. The van der Waals surface area contributed by atoms with E-state index in [1.165, 1.54) is 13.2 Å². The number of carbonyl (C=O) groups excluding carboxylic acids is 2. The summed E-state index contributed by atoms with van der Waals surface area (Å²) in [5, 5.41) is 4.59. The Morgan fingerprint density at radius 1 is 1.11 bits per heavy atom. The lowest BCUT2D eigenvalue weighted by Crippen LogP contribution is -2.36. The maximum atomic E-state index is 13.6. The molecule has 10 heteroatoms. The van der Waals surface area contributed by atoms with Gasteiger partial charge < -0.3 is 23.7 Å². The van der Waals surface area contributed by atoms with E-state index in [1.807, 2.05) is 7.05 Å². The fourth-order valence-electron chi connectivity index (χ4n) is 5.61. The molecule has 4 heterocycles. The number of carbonyl (C=O) groups is 2. The van der Waals surface area contributed by atoms with Crippen molar-refractivity contribution in [3.63, 3.8) is 0 Å². The van der Waals surface area contributed by atoms with Crippen LogP contribution in [0.4, 0.5) is 0 Å². The molecule has 0 radical (unpaired) electrons. The van der Waals surface area contributed by atoms with E-state index in [2.05, 4.69) is 5.10 Å². The van der Waals surface area contributed by atoms with Gasteiger partial charge >= 0.3 is 5.97 Å². The minimum absolute atomic E-state index is 0.0660. The van der Waals surface area contributed by atoms with E-state index in [4.69, 9.17) is 14.2 Å². The Labute approximate surface area is 210 Å². The average molecular weight is 499 g/mol. The van der Waals surface area contributed by atoms with Crippen molar-refractivity contribution < 1.29 is 23.8 Å². The molecule has 0 spiro atoms. The van der Waals surface area contributed by atoms with E-state index in [0.717, 1.165) is 56.2 Å². The number of pyridine rings is 1. The van der Waals surface area contributed by atoms with Crippen LogP contribution < -0.4 is 10.3 Å². The highest BCUT2D eigenvalue weighted by Gasteiger charge is 2.31. The Hall–Kier alpha value is -3.14. The van der Waals surface area contributed by atoms with Crippen LogP contribution in [-0.2, 0) is 42.3 Å². The average Bonchev–Trinajstić information content (AvgIpc) is 3.07. The number of nitrogens with zero attached hydrogens (tertiary/aromatic N) is 4. The molecule has 0 saturated carbocycles. The molecule has 2 aromatic rings. The summed E-state index contributed by atoms with van der Waals surface area (Å²) in [4.78, 5) is 41.3. The third-order valence-corrected chi connectivity index (χ3v) is 7.49. The fourth-order valence-corrected chi connectivity index (χ4v) is 5.61. The van der Waals surface area contributed by atoms with Gasteiger partial charge in [-0.1, -0.05) is 0 Å². The molecule has 10 nitrogen and oxygen atoms in total. The van der Waals surface area contributed by atoms with Gasteiger partial charge in [0.05, 0.1) is 18.9 Å². The summed E-state index contributed by atoms with van der Waals surface area (Å²) >= 11 is 0. The third-order valence-electron chi connectivity index (χ3n) is 7.49. The molecular weight excluding hydrogens is 464 g/mol. The molecular formula is C26H34N4O6. The highest BCUT2D eigenvalue weighted by molar-refractivity contribution is 5.95. The summed E-state index contributed by atoms with van der Waals surface area (Å²) in [6, 6.07) is 1.35. The first-order chi connectivity index (χ1) is 17.5. The number of aromatic nitrogens is 3. The molecule has 2 aliphatic heterocycles. The monoisotopic (exact) mass is 498 g/mol. The van der Waals surface area contributed by atoms with Gasteiger partial charge in [0.25, 0.3) is 11.5 Å². The summed E-state index contributed by atoms with van der Waals surface area (Å²) in [5.74, 6) is -0.425. The summed E-state index contributed by atoms with van der Waals surface area (Å²) in [6.45, 7) is 1.98. The zero-order chi connectivity index (χ0) is 25.2. The standard InChI is InChI=1S/C26H34N4O6/c1-28-24(18-8-3-4-9-19(18)27-28)25(32)29-11-10-20-23(26(33)34-2)21(15-22(31)30(20)13-12-29)36-16-17-7-5-6-14-35-17/h15,17H,3-14,16H2,1-2H3/t17-/m1/s1. The minimum Gasteiger partial charge on any atom is -0.490 e. The predicted octanol–water partition coefficient (Wildman–Crippen LogP) is 1.89. The quantitative estimate of drug-likeness (QED) is 0.580. The second-order valence-corrected chi connectivity index (χ2v) is 9.76. The molecule has 0 aromatic carbocycles. The Morgan fingerprint density at radius 2 is 1.94 bits per heavy atom. The first kappa shape index (κ1) is 24.5. The first-order valence-corrected chi connectivity index (χ1v) is 12.9. The maximum Gasteiger partial charge on any atom is 0.343 e. The smallest absolute Gasteiger partial charge is 0.343 e. The van der Waals surface area contributed by atoms with Crippen LogP contribution in [-0.4, -0.2) is 70.6 Å². The Bertz CT molecular complexity index is 1210. The Morgan fingerprint density at radius 3 is 2.72 bits per heavy atom. The molecule has 2 aromatic heterocycles. The highest BCUT2D eigenvalue weighted by atomic mass is 16.5. The van der Waals surface area contributed by atoms with E-state index >= 15 is 0 Å². The van der Waals surface area contributed by atoms with Crippen molar-refractivity contribution in [1.29, 1.82) is 0 Å². The number of ether oxygens (including phenoxy) is 3. The summed E-state index contributed by atoms with van der Waals surface area (Å²) in [5.41, 5.74) is 3.22. The first-order valence-electron chi connectivity index (χ1n) is 12.9. The molecule has 194 valence electrons. The molecule has 1 amide bonds. The number of hydrogen-bond donors (Lipinski definition) is 0. The molecule has 0 bridgehead atoms. The number of fused-ring (bicyclic) bond motifs is 2. The molecule has 1 aliphatic carbocycles. The third kappa shape index (κ3) is 4.66. The summed E-state index contributed by atoms with van der Waals surface area (Å²) in [7, 11) is 3.13. The Kier molecular flexibility index (Phi) is 7.13. The molecule has 1 atom stereocenters. The number of rotatable bonds is 5. The van der Waals surface area contributed by atoms with Crippen molar-refractivity contribution in [3.8, 4) is 5.75 Å². The van der Waals surface area contributed by atoms with Gasteiger partial charge in [0.2, 0.25) is 0 Å². The minimum atomic E-state index is -0.557. The van der Waals surface area contributed by atoms with E-state index in [9.17, 15) is 14.4 Å². The number of aryl methyl sites for hydroxylation is 2. The van der Waals surface area contributed by atoms with Crippen LogP contribution in [0, 0.1) is 0 Å². The van der Waals surface area contributed by atoms with Gasteiger partial charge in [-0.3, -0.25) is 14.3 Å². The lowest BCUT2D eigenvalue weighted by atomic mass is 9.95. The maximum absolute atomic E-state index is 13.6. The number of amides is 1. The van der Waals surface area contributed by atoms with Gasteiger partial charge in [0, 0.05) is 57.0 Å². The van der Waals surface area contributed by atoms with Crippen molar-refractivity contribution in [2.24, 2.45) is 7.05 Å². The number of esters is 1. The van der Waals surface area contributed by atoms with Crippen LogP contribution in [0.2, 0.25) is 0 Å². The second kappa shape index (κ2) is 10.5. The molecule has 0 N–H and O–H groups in total. The van der Waals surface area contributed by atoms with Crippen LogP contribution >= 0.6 is 0 Å². The second-order valence-electron chi connectivity index (χ2n) is 9.76. The SMILES string of the molecule is COC(=O)c1c(OC[C@H]2CCCCO2)cc(=O)n2c1CCN(C(=O)c1c3c(nn1C)CCCC3)CC2. The van der Waals surface area contributed by atoms with Gasteiger partial charge in [-0.25, -0.2) is 4.79 Å². The largest absolute Gasteiger partial charge is 0.490 e. The highest BCUT2D eigenvalue weighted by Crippen LogP contribution is 2.27. The summed E-state index contributed by atoms with van der Waals surface area (Å²) in [6.07, 6.45) is 7.14. The van der Waals surface area contributed by atoms with Gasteiger partial charge in [-0.2, -0.15) is 5.10 Å². The van der Waals surface area contributed by atoms with Crippen LogP contribution in [0.5, 0.6) is 5.75 Å².